The summed E-state index contributed by atoms with van der Waals surface area (Å²) in [6, 6.07) is 4.52. The second kappa shape index (κ2) is 5.82. The van der Waals surface area contributed by atoms with Crippen molar-refractivity contribution < 1.29 is 0 Å². The van der Waals surface area contributed by atoms with E-state index in [1.807, 2.05) is 18.5 Å². The van der Waals surface area contributed by atoms with Crippen molar-refractivity contribution in [2.45, 2.75) is 18.9 Å². The molecule has 0 bridgehead atoms. The highest BCUT2D eigenvalue weighted by molar-refractivity contribution is 7.10. The van der Waals surface area contributed by atoms with Crippen LogP contribution in [0.4, 0.5) is 0 Å². The molecule has 2 heterocycles. The number of rotatable bonds is 5. The summed E-state index contributed by atoms with van der Waals surface area (Å²) in [7, 11) is 1.99. The maximum atomic E-state index is 6.15. The Morgan fingerprint density at radius 3 is 2.81 bits per heavy atom. The lowest BCUT2D eigenvalue weighted by Gasteiger charge is -2.14. The lowest BCUT2D eigenvalue weighted by molar-refractivity contribution is 0.558. The molecule has 16 heavy (non-hydrogen) atoms. The topological polar surface area (TPSA) is 12.0 Å². The Balaban J connectivity index is 1.99. The highest BCUT2D eigenvalue weighted by atomic mass is 35.5. The van der Waals surface area contributed by atoms with Gasteiger partial charge in [-0.2, -0.15) is 11.3 Å². The van der Waals surface area contributed by atoms with Crippen LogP contribution in [0.2, 0.25) is 5.02 Å². The Bertz CT molecular complexity index is 422. The van der Waals surface area contributed by atoms with Gasteiger partial charge in [0.05, 0.1) is 5.02 Å². The van der Waals surface area contributed by atoms with Gasteiger partial charge in [0.2, 0.25) is 0 Å². The van der Waals surface area contributed by atoms with Crippen LogP contribution in [0, 0.1) is 0 Å². The van der Waals surface area contributed by atoms with Crippen LogP contribution in [-0.4, -0.2) is 7.05 Å². The van der Waals surface area contributed by atoms with Crippen LogP contribution < -0.4 is 5.32 Å². The number of nitrogens with one attached hydrogen (secondary N) is 1. The molecule has 0 saturated carbocycles. The van der Waals surface area contributed by atoms with Crippen LogP contribution in [0.1, 0.15) is 22.9 Å². The van der Waals surface area contributed by atoms with Gasteiger partial charge in [0.15, 0.2) is 0 Å². The molecule has 2 rings (SSSR count). The Kier molecular flexibility index (Phi) is 4.41. The minimum absolute atomic E-state index is 0.368. The SMILES string of the molecule is CNC(CCc1ccsc1)c1sccc1Cl. The van der Waals surface area contributed by atoms with Crippen molar-refractivity contribution in [2.75, 3.05) is 7.05 Å². The molecule has 0 saturated heterocycles. The fraction of sp³-hybridized carbons (Fsp3) is 0.333. The van der Waals surface area contributed by atoms with Gasteiger partial charge in [-0.3, -0.25) is 0 Å². The summed E-state index contributed by atoms with van der Waals surface area (Å²) in [4.78, 5) is 1.25. The molecule has 0 amide bonds. The smallest absolute Gasteiger partial charge is 0.0561 e. The third-order valence-electron chi connectivity index (χ3n) is 2.61. The van der Waals surface area contributed by atoms with Crippen LogP contribution in [0.3, 0.4) is 0 Å². The van der Waals surface area contributed by atoms with Crippen molar-refractivity contribution in [1.29, 1.82) is 0 Å². The van der Waals surface area contributed by atoms with Crippen molar-refractivity contribution in [1.82, 2.24) is 5.32 Å². The number of halogens is 1. The molecular formula is C12H14ClNS2. The first-order chi connectivity index (χ1) is 7.81. The molecule has 2 aromatic heterocycles. The van der Waals surface area contributed by atoms with Crippen LogP contribution in [0.5, 0.6) is 0 Å². The summed E-state index contributed by atoms with van der Waals surface area (Å²) >= 11 is 9.63. The van der Waals surface area contributed by atoms with E-state index in [2.05, 4.69) is 22.1 Å². The average molecular weight is 272 g/mol. The molecule has 1 nitrogen and oxygen atoms in total. The highest BCUT2D eigenvalue weighted by Crippen LogP contribution is 2.31. The lowest BCUT2D eigenvalue weighted by Crippen LogP contribution is -2.16. The quantitative estimate of drug-likeness (QED) is 0.852. The second-order valence-electron chi connectivity index (χ2n) is 3.64. The first kappa shape index (κ1) is 12.1. The zero-order chi connectivity index (χ0) is 11.4. The molecule has 0 radical (unpaired) electrons. The molecule has 1 unspecified atom stereocenters. The van der Waals surface area contributed by atoms with Gasteiger partial charge in [-0.1, -0.05) is 11.6 Å². The Hall–Kier alpha value is -0.350. The molecule has 0 aromatic carbocycles. The molecule has 0 aliphatic heterocycles. The molecule has 4 heteroatoms. The van der Waals surface area contributed by atoms with E-state index in [0.717, 1.165) is 17.9 Å². The summed E-state index contributed by atoms with van der Waals surface area (Å²) in [5, 5.41) is 10.6. The van der Waals surface area contributed by atoms with E-state index in [4.69, 9.17) is 11.6 Å². The Morgan fingerprint density at radius 2 is 2.25 bits per heavy atom. The van der Waals surface area contributed by atoms with Crippen molar-refractivity contribution in [2.24, 2.45) is 0 Å². The van der Waals surface area contributed by atoms with Crippen molar-refractivity contribution in [3.8, 4) is 0 Å². The molecule has 1 atom stereocenters. The summed E-state index contributed by atoms with van der Waals surface area (Å²) in [5.74, 6) is 0. The normalized spacial score (nSPS) is 12.9. The third-order valence-corrected chi connectivity index (χ3v) is 4.82. The maximum Gasteiger partial charge on any atom is 0.0561 e. The minimum Gasteiger partial charge on any atom is -0.312 e. The lowest BCUT2D eigenvalue weighted by atomic mass is 10.1. The number of thiophene rings is 2. The predicted octanol–water partition coefficient (Wildman–Crippen LogP) is 4.36. The van der Waals surface area contributed by atoms with Crippen LogP contribution in [-0.2, 0) is 6.42 Å². The molecule has 0 spiro atoms. The minimum atomic E-state index is 0.368. The molecule has 86 valence electrons. The number of hydrogen-bond donors (Lipinski definition) is 1. The van der Waals surface area contributed by atoms with Crippen LogP contribution >= 0.6 is 34.3 Å². The van der Waals surface area contributed by atoms with E-state index < -0.39 is 0 Å². The Morgan fingerprint density at radius 1 is 1.38 bits per heavy atom. The summed E-state index contributed by atoms with van der Waals surface area (Å²) < 4.78 is 0. The monoisotopic (exact) mass is 271 g/mol. The fourth-order valence-electron chi connectivity index (χ4n) is 1.71. The van der Waals surface area contributed by atoms with Gasteiger partial charge < -0.3 is 5.32 Å². The van der Waals surface area contributed by atoms with Gasteiger partial charge in [0, 0.05) is 10.9 Å². The van der Waals surface area contributed by atoms with Crippen molar-refractivity contribution in [3.63, 3.8) is 0 Å². The van der Waals surface area contributed by atoms with E-state index in [-0.39, 0.29) is 0 Å². The van der Waals surface area contributed by atoms with E-state index in [1.165, 1.54) is 10.4 Å². The van der Waals surface area contributed by atoms with E-state index >= 15 is 0 Å². The third kappa shape index (κ3) is 2.86. The second-order valence-corrected chi connectivity index (χ2v) is 5.78. The van der Waals surface area contributed by atoms with Gasteiger partial charge in [-0.25, -0.2) is 0 Å². The summed E-state index contributed by atoms with van der Waals surface area (Å²) in [6.07, 6.45) is 2.19. The number of aryl methyl sites for hydroxylation is 1. The first-order valence-corrected chi connectivity index (χ1v) is 7.42. The summed E-state index contributed by atoms with van der Waals surface area (Å²) in [5.41, 5.74) is 1.41. The predicted molar refractivity (Wildman–Crippen MR) is 73.8 cm³/mol. The van der Waals surface area contributed by atoms with E-state index in [0.29, 0.717) is 6.04 Å². The first-order valence-electron chi connectivity index (χ1n) is 5.22. The zero-order valence-corrected chi connectivity index (χ0v) is 11.5. The van der Waals surface area contributed by atoms with Crippen LogP contribution in [0.25, 0.3) is 0 Å². The maximum absolute atomic E-state index is 6.15. The van der Waals surface area contributed by atoms with Gasteiger partial charge in [0.25, 0.3) is 0 Å². The summed E-state index contributed by atoms with van der Waals surface area (Å²) in [6.45, 7) is 0. The van der Waals surface area contributed by atoms with Crippen molar-refractivity contribution in [3.05, 3.63) is 43.7 Å². The number of hydrogen-bond acceptors (Lipinski definition) is 3. The molecule has 1 N–H and O–H groups in total. The van der Waals surface area contributed by atoms with Gasteiger partial charge in [-0.15, -0.1) is 11.3 Å². The van der Waals surface area contributed by atoms with Crippen LogP contribution in [0.15, 0.2) is 28.3 Å². The van der Waals surface area contributed by atoms with E-state index in [9.17, 15) is 0 Å². The molecule has 0 aliphatic carbocycles. The molecule has 2 aromatic rings. The standard InChI is InChI=1S/C12H14ClNS2/c1-14-11(12-10(13)5-7-16-12)3-2-9-4-6-15-8-9/h4-8,11,14H,2-3H2,1H3. The Labute approximate surface area is 109 Å². The molecular weight excluding hydrogens is 258 g/mol. The van der Waals surface area contributed by atoms with Gasteiger partial charge in [-0.05, 0) is 53.7 Å². The largest absolute Gasteiger partial charge is 0.312 e. The van der Waals surface area contributed by atoms with Crippen molar-refractivity contribution >= 4 is 34.3 Å². The fourth-order valence-corrected chi connectivity index (χ4v) is 3.74. The highest BCUT2D eigenvalue weighted by Gasteiger charge is 2.14. The molecule has 0 fully saturated rings. The van der Waals surface area contributed by atoms with E-state index in [1.54, 1.807) is 22.7 Å². The zero-order valence-electron chi connectivity index (χ0n) is 9.07. The molecule has 0 aliphatic rings. The van der Waals surface area contributed by atoms with Gasteiger partial charge >= 0.3 is 0 Å². The van der Waals surface area contributed by atoms with Gasteiger partial charge in [0.1, 0.15) is 0 Å². The average Bonchev–Trinajstić information content (AvgIpc) is 2.92.